The molecular formula is C11H8F3N3O2S. The summed E-state index contributed by atoms with van der Waals surface area (Å²) in [4.78, 5) is 15.1. The number of hydrogen-bond donors (Lipinski definition) is 2. The second-order valence-corrected chi connectivity index (χ2v) is 4.55. The van der Waals surface area contributed by atoms with Gasteiger partial charge in [0.1, 0.15) is 5.01 Å². The van der Waals surface area contributed by atoms with Gasteiger partial charge in [-0.2, -0.15) is 0 Å². The number of nitrogens with two attached hydrogens (primary N) is 2. The summed E-state index contributed by atoms with van der Waals surface area (Å²) in [6.07, 6.45) is -3.59. The average molecular weight is 303 g/mol. The number of benzene rings is 1. The molecule has 0 unspecified atom stereocenters. The van der Waals surface area contributed by atoms with Crippen LogP contribution in [0.15, 0.2) is 23.7 Å². The van der Waals surface area contributed by atoms with Gasteiger partial charge in [-0.25, -0.2) is 4.98 Å². The Morgan fingerprint density at radius 2 is 2.05 bits per heavy atom. The molecule has 2 rings (SSSR count). The zero-order valence-corrected chi connectivity index (χ0v) is 10.6. The lowest BCUT2D eigenvalue weighted by molar-refractivity contribution is -0.274. The topological polar surface area (TPSA) is 91.2 Å². The molecular weight excluding hydrogens is 295 g/mol. The van der Waals surface area contributed by atoms with Gasteiger partial charge in [-0.15, -0.1) is 24.5 Å². The summed E-state index contributed by atoms with van der Waals surface area (Å²) in [5.41, 5.74) is 10.2. The molecule has 20 heavy (non-hydrogen) atoms. The van der Waals surface area contributed by atoms with Gasteiger partial charge in [-0.05, 0) is 12.1 Å². The summed E-state index contributed by atoms with van der Waals surface area (Å²) in [7, 11) is 0. The smallest absolute Gasteiger partial charge is 0.404 e. The first-order chi connectivity index (χ1) is 9.29. The number of alkyl halides is 3. The minimum atomic E-state index is -4.98. The van der Waals surface area contributed by atoms with E-state index >= 15 is 0 Å². The van der Waals surface area contributed by atoms with Gasteiger partial charge >= 0.3 is 6.36 Å². The largest absolute Gasteiger partial charge is 0.573 e. The average Bonchev–Trinajstić information content (AvgIpc) is 2.79. The molecule has 0 radical (unpaired) electrons. The number of hydrogen-bond acceptors (Lipinski definition) is 5. The van der Waals surface area contributed by atoms with Gasteiger partial charge in [0.25, 0.3) is 5.91 Å². The molecule has 0 bridgehead atoms. The third-order valence-corrected chi connectivity index (χ3v) is 3.11. The Balaban J connectivity index is 2.70. The summed E-state index contributed by atoms with van der Waals surface area (Å²) in [6, 6.07) is 2.36. The fraction of sp³-hybridized carbons (Fsp3) is 0.0909. The van der Waals surface area contributed by atoms with Crippen LogP contribution < -0.4 is 16.2 Å². The predicted octanol–water partition coefficient (Wildman–Crippen LogP) is 2.39. The molecule has 106 valence electrons. The van der Waals surface area contributed by atoms with E-state index < -0.39 is 23.6 Å². The number of ether oxygens (including phenoxy) is 1. The van der Waals surface area contributed by atoms with Crippen molar-refractivity contribution in [1.82, 2.24) is 4.98 Å². The Bertz CT molecular complexity index is 641. The van der Waals surface area contributed by atoms with Crippen molar-refractivity contribution in [2.24, 2.45) is 5.73 Å². The number of amides is 1. The Morgan fingerprint density at radius 1 is 1.35 bits per heavy atom. The number of halogens is 3. The molecule has 0 saturated heterocycles. The summed E-state index contributed by atoms with van der Waals surface area (Å²) >= 11 is 1.06. The van der Waals surface area contributed by atoms with E-state index in [0.717, 1.165) is 17.4 Å². The van der Waals surface area contributed by atoms with Crippen molar-refractivity contribution in [2.45, 2.75) is 6.36 Å². The van der Waals surface area contributed by atoms with Crippen molar-refractivity contribution < 1.29 is 22.7 Å². The predicted molar refractivity (Wildman–Crippen MR) is 67.2 cm³/mol. The number of aromatic nitrogens is 1. The molecule has 0 spiro atoms. The highest BCUT2D eigenvalue weighted by Gasteiger charge is 2.35. The zero-order valence-electron chi connectivity index (χ0n) is 9.77. The van der Waals surface area contributed by atoms with Gasteiger partial charge in [-0.1, -0.05) is 0 Å². The minimum Gasteiger partial charge on any atom is -0.404 e. The first kappa shape index (κ1) is 14.1. The van der Waals surface area contributed by atoms with Gasteiger partial charge in [0, 0.05) is 17.3 Å². The van der Waals surface area contributed by atoms with Crippen LogP contribution >= 0.6 is 11.3 Å². The van der Waals surface area contributed by atoms with E-state index in [1.807, 2.05) is 0 Å². The Labute approximate surface area is 115 Å². The molecule has 9 heteroatoms. The van der Waals surface area contributed by atoms with Crippen LogP contribution in [0.25, 0.3) is 10.6 Å². The van der Waals surface area contributed by atoms with Crippen LogP contribution in [0, 0.1) is 0 Å². The number of nitrogen functional groups attached to an aromatic ring is 1. The number of carbonyl (C=O) groups excluding carboxylic acids is 1. The lowest BCUT2D eigenvalue weighted by Crippen LogP contribution is -2.22. The molecule has 0 aliphatic carbocycles. The number of nitrogens with zero attached hydrogens (tertiary/aromatic N) is 1. The Hall–Kier alpha value is -2.29. The molecule has 1 aromatic heterocycles. The van der Waals surface area contributed by atoms with Crippen molar-refractivity contribution in [3.05, 3.63) is 29.3 Å². The van der Waals surface area contributed by atoms with E-state index in [1.165, 1.54) is 12.3 Å². The van der Waals surface area contributed by atoms with Crippen molar-refractivity contribution in [2.75, 3.05) is 5.73 Å². The lowest BCUT2D eigenvalue weighted by Gasteiger charge is -2.16. The first-order valence-electron chi connectivity index (χ1n) is 5.17. The summed E-state index contributed by atoms with van der Waals surface area (Å²) in [5, 5.41) is 1.76. The molecule has 0 saturated carbocycles. The van der Waals surface area contributed by atoms with E-state index in [1.54, 1.807) is 5.38 Å². The van der Waals surface area contributed by atoms with Crippen molar-refractivity contribution in [3.63, 3.8) is 0 Å². The maximum atomic E-state index is 12.5. The summed E-state index contributed by atoms with van der Waals surface area (Å²) < 4.78 is 41.4. The fourth-order valence-electron chi connectivity index (χ4n) is 1.58. The maximum absolute atomic E-state index is 12.5. The molecule has 2 aromatic rings. The van der Waals surface area contributed by atoms with E-state index in [-0.39, 0.29) is 16.3 Å². The third-order valence-electron chi connectivity index (χ3n) is 2.32. The number of primary amides is 1. The minimum absolute atomic E-state index is 0.00389. The SMILES string of the molecule is NC(=O)c1ccc(N)c(-c2nccs2)c1OC(F)(F)F. The number of thiazole rings is 1. The van der Waals surface area contributed by atoms with E-state index in [0.29, 0.717) is 0 Å². The van der Waals surface area contributed by atoms with Gasteiger partial charge in [0.15, 0.2) is 5.75 Å². The van der Waals surface area contributed by atoms with Crippen LogP contribution in [0.2, 0.25) is 0 Å². The maximum Gasteiger partial charge on any atom is 0.573 e. The molecule has 1 heterocycles. The second-order valence-electron chi connectivity index (χ2n) is 3.66. The quantitative estimate of drug-likeness (QED) is 0.852. The fourth-order valence-corrected chi connectivity index (χ4v) is 2.28. The number of anilines is 1. The first-order valence-corrected chi connectivity index (χ1v) is 6.05. The summed E-state index contributed by atoms with van der Waals surface area (Å²) in [5.74, 6) is -1.79. The van der Waals surface area contributed by atoms with Crippen LogP contribution in [0.3, 0.4) is 0 Å². The molecule has 4 N–H and O–H groups in total. The third kappa shape index (κ3) is 2.82. The second kappa shape index (κ2) is 5.00. The summed E-state index contributed by atoms with van der Waals surface area (Å²) in [6.45, 7) is 0. The van der Waals surface area contributed by atoms with Crippen LogP contribution in [0.1, 0.15) is 10.4 Å². The lowest BCUT2D eigenvalue weighted by atomic mass is 10.1. The highest BCUT2D eigenvalue weighted by Crippen LogP contribution is 2.41. The van der Waals surface area contributed by atoms with E-state index in [2.05, 4.69) is 9.72 Å². The highest BCUT2D eigenvalue weighted by atomic mass is 32.1. The van der Waals surface area contributed by atoms with Crippen molar-refractivity contribution in [3.8, 4) is 16.3 Å². The van der Waals surface area contributed by atoms with Gasteiger partial charge in [0.05, 0.1) is 11.1 Å². The molecule has 0 aliphatic heterocycles. The standard InChI is InChI=1S/C11H8F3N3O2S/c12-11(13,14)19-8-5(9(16)18)1-2-6(15)7(8)10-17-3-4-20-10/h1-4H,15H2,(H2,16,18). The highest BCUT2D eigenvalue weighted by molar-refractivity contribution is 7.13. The van der Waals surface area contributed by atoms with Gasteiger partial charge in [-0.3, -0.25) is 4.79 Å². The Morgan fingerprint density at radius 3 is 2.55 bits per heavy atom. The van der Waals surface area contributed by atoms with Crippen LogP contribution in [0.5, 0.6) is 5.75 Å². The number of rotatable bonds is 3. The molecule has 1 amide bonds. The molecule has 1 aromatic carbocycles. The van der Waals surface area contributed by atoms with E-state index in [9.17, 15) is 18.0 Å². The molecule has 5 nitrogen and oxygen atoms in total. The Kier molecular flexibility index (Phi) is 3.53. The number of carbonyl (C=O) groups is 1. The molecule has 0 atom stereocenters. The van der Waals surface area contributed by atoms with Crippen LogP contribution in [-0.2, 0) is 0 Å². The van der Waals surface area contributed by atoms with Gasteiger partial charge < -0.3 is 16.2 Å². The van der Waals surface area contributed by atoms with Crippen LogP contribution in [0.4, 0.5) is 18.9 Å². The van der Waals surface area contributed by atoms with Crippen LogP contribution in [-0.4, -0.2) is 17.3 Å². The molecule has 0 aliphatic rings. The van der Waals surface area contributed by atoms with Gasteiger partial charge in [0.2, 0.25) is 0 Å². The molecule has 0 fully saturated rings. The van der Waals surface area contributed by atoms with E-state index in [4.69, 9.17) is 11.5 Å². The zero-order chi connectivity index (χ0) is 14.9. The monoisotopic (exact) mass is 303 g/mol. The normalized spacial score (nSPS) is 11.3. The van der Waals surface area contributed by atoms with Crippen molar-refractivity contribution >= 4 is 22.9 Å². The van der Waals surface area contributed by atoms with Crippen molar-refractivity contribution in [1.29, 1.82) is 0 Å².